The van der Waals surface area contributed by atoms with Gasteiger partial charge in [-0.15, -0.1) is 0 Å². The van der Waals surface area contributed by atoms with E-state index in [1.807, 2.05) is 0 Å². The Labute approximate surface area is 223 Å². The zero-order valence-electron chi connectivity index (χ0n) is 21.6. The zero-order chi connectivity index (χ0) is 27.7. The summed E-state index contributed by atoms with van der Waals surface area (Å²) in [6, 6.07) is 8.77. The molecule has 0 aliphatic carbocycles. The number of ether oxygens (including phenoxy) is 4. The number of hydrogen-bond donors (Lipinski definition) is 1. The maximum Gasteiger partial charge on any atom is 0.350 e. The molecule has 38 heavy (non-hydrogen) atoms. The van der Waals surface area contributed by atoms with Crippen molar-refractivity contribution in [2.45, 2.75) is 19.9 Å². The SMILES string of the molecule is COC(=O)c1sc(N2C(=O)C(=O)C(=C(O)c3ccc(OC)cc3C)C2c2ccc(OC)cc2OC)nc1C. The fourth-order valence-corrected chi connectivity index (χ4v) is 5.32. The van der Waals surface area contributed by atoms with E-state index in [1.54, 1.807) is 50.2 Å². The van der Waals surface area contributed by atoms with Crippen LogP contribution in [0.4, 0.5) is 5.13 Å². The lowest BCUT2D eigenvalue weighted by atomic mass is 9.93. The molecular formula is C27H26N2O8S. The van der Waals surface area contributed by atoms with Crippen LogP contribution in [-0.2, 0) is 14.3 Å². The maximum absolute atomic E-state index is 13.5. The van der Waals surface area contributed by atoms with Crippen LogP contribution in [0.5, 0.6) is 17.2 Å². The van der Waals surface area contributed by atoms with Crippen molar-refractivity contribution in [1.82, 2.24) is 4.98 Å². The first kappa shape index (κ1) is 26.7. The number of carbonyl (C=O) groups excluding carboxylic acids is 3. The van der Waals surface area contributed by atoms with Crippen LogP contribution in [0.2, 0.25) is 0 Å². The predicted octanol–water partition coefficient (Wildman–Crippen LogP) is 4.20. The summed E-state index contributed by atoms with van der Waals surface area (Å²) in [5, 5.41) is 11.6. The molecule has 2 aromatic carbocycles. The molecule has 4 rings (SSSR count). The fourth-order valence-electron chi connectivity index (χ4n) is 4.31. The molecule has 1 aliphatic heterocycles. The minimum Gasteiger partial charge on any atom is -0.507 e. The third kappa shape index (κ3) is 4.45. The zero-order valence-corrected chi connectivity index (χ0v) is 22.5. The molecule has 198 valence electrons. The Morgan fingerprint density at radius 1 is 0.974 bits per heavy atom. The molecule has 3 aromatic rings. The van der Waals surface area contributed by atoms with Crippen molar-refractivity contribution in [3.05, 3.63) is 69.2 Å². The van der Waals surface area contributed by atoms with Crippen LogP contribution in [0.3, 0.4) is 0 Å². The highest BCUT2D eigenvalue weighted by Crippen LogP contribution is 2.47. The van der Waals surface area contributed by atoms with Crippen LogP contribution in [0.15, 0.2) is 42.0 Å². The number of anilines is 1. The molecule has 0 radical (unpaired) electrons. The van der Waals surface area contributed by atoms with E-state index >= 15 is 0 Å². The van der Waals surface area contributed by atoms with Gasteiger partial charge in [-0.25, -0.2) is 9.78 Å². The number of esters is 1. The number of aryl methyl sites for hydroxylation is 2. The highest BCUT2D eigenvalue weighted by Gasteiger charge is 2.49. The van der Waals surface area contributed by atoms with Crippen molar-refractivity contribution >= 4 is 39.9 Å². The molecule has 2 heterocycles. The van der Waals surface area contributed by atoms with Gasteiger partial charge in [-0.2, -0.15) is 0 Å². The number of Topliss-reactive ketones (excluding diaryl/α,β-unsaturated/α-hetero) is 1. The molecule has 11 heteroatoms. The van der Waals surface area contributed by atoms with Crippen LogP contribution < -0.4 is 19.1 Å². The summed E-state index contributed by atoms with van der Waals surface area (Å²) in [5.74, 6) is -1.42. The summed E-state index contributed by atoms with van der Waals surface area (Å²) in [7, 11) is 5.71. The number of thiazole rings is 1. The average molecular weight is 539 g/mol. The Bertz CT molecular complexity index is 1480. The first-order valence-electron chi connectivity index (χ1n) is 11.4. The molecule has 1 aliphatic rings. The number of aliphatic hydroxyl groups excluding tert-OH is 1. The van der Waals surface area contributed by atoms with E-state index in [2.05, 4.69) is 4.98 Å². The summed E-state index contributed by atoms with van der Waals surface area (Å²) in [6.45, 7) is 3.36. The van der Waals surface area contributed by atoms with E-state index in [1.165, 1.54) is 33.3 Å². The van der Waals surface area contributed by atoms with Crippen LogP contribution in [0, 0.1) is 13.8 Å². The van der Waals surface area contributed by atoms with Crippen molar-refractivity contribution in [3.8, 4) is 17.2 Å². The minimum absolute atomic E-state index is 0.0957. The number of hydrogen-bond acceptors (Lipinski definition) is 10. The molecule has 1 aromatic heterocycles. The Kier molecular flexibility index (Phi) is 7.40. The van der Waals surface area contributed by atoms with Gasteiger partial charge in [0.1, 0.15) is 33.9 Å². The Morgan fingerprint density at radius 2 is 1.63 bits per heavy atom. The quantitative estimate of drug-likeness (QED) is 0.204. The molecule has 1 N–H and O–H groups in total. The second kappa shape index (κ2) is 10.5. The van der Waals surface area contributed by atoms with Gasteiger partial charge >= 0.3 is 11.9 Å². The normalized spacial score (nSPS) is 16.5. The molecule has 1 amide bonds. The molecule has 1 fully saturated rings. The van der Waals surface area contributed by atoms with Crippen molar-refractivity contribution in [3.63, 3.8) is 0 Å². The molecule has 0 bridgehead atoms. The maximum atomic E-state index is 13.5. The van der Waals surface area contributed by atoms with Gasteiger partial charge in [0.25, 0.3) is 5.78 Å². The average Bonchev–Trinajstić information content (AvgIpc) is 3.43. The van der Waals surface area contributed by atoms with Crippen molar-refractivity contribution in [2.75, 3.05) is 33.3 Å². The lowest BCUT2D eigenvalue weighted by Crippen LogP contribution is -2.29. The van der Waals surface area contributed by atoms with Gasteiger partial charge in [0.15, 0.2) is 5.13 Å². The largest absolute Gasteiger partial charge is 0.507 e. The molecular weight excluding hydrogens is 512 g/mol. The Hall–Kier alpha value is -4.38. The lowest BCUT2D eigenvalue weighted by molar-refractivity contribution is -0.132. The number of methoxy groups -OCH3 is 4. The van der Waals surface area contributed by atoms with Crippen LogP contribution >= 0.6 is 11.3 Å². The lowest BCUT2D eigenvalue weighted by Gasteiger charge is -2.25. The second-order valence-corrected chi connectivity index (χ2v) is 9.34. The van der Waals surface area contributed by atoms with E-state index in [4.69, 9.17) is 18.9 Å². The highest BCUT2D eigenvalue weighted by atomic mass is 32.1. The van der Waals surface area contributed by atoms with Crippen LogP contribution in [0.1, 0.15) is 38.1 Å². The van der Waals surface area contributed by atoms with Gasteiger partial charge in [0, 0.05) is 17.2 Å². The number of rotatable bonds is 7. The van der Waals surface area contributed by atoms with E-state index < -0.39 is 23.7 Å². The van der Waals surface area contributed by atoms with E-state index in [0.717, 1.165) is 11.3 Å². The van der Waals surface area contributed by atoms with Gasteiger partial charge in [-0.05, 0) is 49.7 Å². The van der Waals surface area contributed by atoms with Gasteiger partial charge < -0.3 is 24.1 Å². The predicted molar refractivity (Wildman–Crippen MR) is 140 cm³/mol. The van der Waals surface area contributed by atoms with Crippen molar-refractivity contribution in [1.29, 1.82) is 0 Å². The summed E-state index contributed by atoms with van der Waals surface area (Å²) in [4.78, 5) is 45.0. The third-order valence-electron chi connectivity index (χ3n) is 6.23. The topological polar surface area (TPSA) is 124 Å². The summed E-state index contributed by atoms with van der Waals surface area (Å²) in [5.41, 5.74) is 1.58. The number of aromatic nitrogens is 1. The molecule has 1 saturated heterocycles. The Morgan fingerprint density at radius 3 is 2.24 bits per heavy atom. The van der Waals surface area contributed by atoms with E-state index in [-0.39, 0.29) is 21.3 Å². The third-order valence-corrected chi connectivity index (χ3v) is 7.37. The smallest absolute Gasteiger partial charge is 0.350 e. The number of nitrogens with zero attached hydrogens (tertiary/aromatic N) is 2. The first-order chi connectivity index (χ1) is 18.2. The molecule has 0 spiro atoms. The van der Waals surface area contributed by atoms with E-state index in [9.17, 15) is 19.5 Å². The second-order valence-electron chi connectivity index (χ2n) is 8.36. The number of carbonyl (C=O) groups is 3. The van der Waals surface area contributed by atoms with Gasteiger partial charge in [-0.1, -0.05) is 11.3 Å². The molecule has 1 atom stereocenters. The number of benzene rings is 2. The molecule has 0 saturated carbocycles. The fraction of sp³-hybridized carbons (Fsp3) is 0.259. The number of aliphatic hydroxyl groups is 1. The minimum atomic E-state index is -1.12. The summed E-state index contributed by atoms with van der Waals surface area (Å²) < 4.78 is 21.0. The first-order valence-corrected chi connectivity index (χ1v) is 12.2. The van der Waals surface area contributed by atoms with Crippen LogP contribution in [0.25, 0.3) is 5.76 Å². The molecule has 1 unspecified atom stereocenters. The summed E-state index contributed by atoms with van der Waals surface area (Å²) in [6.07, 6.45) is 0. The van der Waals surface area contributed by atoms with Gasteiger partial charge in [0.2, 0.25) is 0 Å². The number of amides is 1. The summed E-state index contributed by atoms with van der Waals surface area (Å²) >= 11 is 0.913. The molecule has 10 nitrogen and oxygen atoms in total. The standard InChI is InChI=1S/C27H26N2O8S/c1-13-11-15(34-3)7-9-17(13)22(30)20-21(18-10-8-16(35-4)12-19(18)36-5)29(25(32)23(20)31)27-28-14(2)24(38-27)26(33)37-6/h7-12,21,30H,1-6H3. The number of ketones is 1. The van der Waals surface area contributed by atoms with Gasteiger partial charge in [-0.3, -0.25) is 14.5 Å². The Balaban J connectivity index is 2.00. The van der Waals surface area contributed by atoms with Gasteiger partial charge in [0.05, 0.1) is 39.7 Å². The monoisotopic (exact) mass is 538 g/mol. The highest BCUT2D eigenvalue weighted by molar-refractivity contribution is 7.17. The van der Waals surface area contributed by atoms with Crippen molar-refractivity contribution < 1.29 is 38.4 Å². The van der Waals surface area contributed by atoms with Crippen molar-refractivity contribution in [2.24, 2.45) is 0 Å². The van der Waals surface area contributed by atoms with Crippen LogP contribution in [-0.4, -0.2) is 56.2 Å². The van der Waals surface area contributed by atoms with E-state index in [0.29, 0.717) is 39.6 Å².